The summed E-state index contributed by atoms with van der Waals surface area (Å²) in [5.74, 6) is 0.427. The van der Waals surface area contributed by atoms with Crippen molar-refractivity contribution in [2.75, 3.05) is 0 Å². The van der Waals surface area contributed by atoms with Crippen molar-refractivity contribution in [2.24, 2.45) is 0 Å². The molecule has 0 saturated heterocycles. The number of halogens is 2. The van der Waals surface area contributed by atoms with Crippen molar-refractivity contribution in [3.05, 3.63) is 119 Å². The normalized spacial score (nSPS) is 16.6. The van der Waals surface area contributed by atoms with Crippen LogP contribution in [-0.4, -0.2) is 25.5 Å². The van der Waals surface area contributed by atoms with Crippen LogP contribution in [0.4, 0.5) is 8.78 Å². The van der Waals surface area contributed by atoms with Crippen LogP contribution >= 0.6 is 0 Å². The van der Waals surface area contributed by atoms with Crippen LogP contribution in [0, 0.1) is 26.0 Å². The summed E-state index contributed by atoms with van der Waals surface area (Å²) >= 11 is 0. The zero-order valence-electron chi connectivity index (χ0n) is 25.4. The van der Waals surface area contributed by atoms with Gasteiger partial charge in [-0.05, 0) is 67.4 Å². The van der Waals surface area contributed by atoms with Gasteiger partial charge in [0.05, 0.1) is 11.6 Å². The summed E-state index contributed by atoms with van der Waals surface area (Å²) in [6, 6.07) is 28.6. The number of alkyl halides is 1. The summed E-state index contributed by atoms with van der Waals surface area (Å²) in [5.41, 5.74) is 5.65. The van der Waals surface area contributed by atoms with E-state index < -0.39 is 17.9 Å². The number of pyridine rings is 1. The minimum absolute atomic E-state index is 0. The van der Waals surface area contributed by atoms with E-state index >= 15 is 8.78 Å². The molecule has 0 aliphatic heterocycles. The summed E-state index contributed by atoms with van der Waals surface area (Å²) < 4.78 is 40.3. The first kappa shape index (κ1) is 30.9. The molecule has 0 spiro atoms. The number of para-hydroxylation sites is 1. The number of aromatic nitrogens is 4. The van der Waals surface area contributed by atoms with E-state index in [0.29, 0.717) is 41.3 Å². The van der Waals surface area contributed by atoms with Gasteiger partial charge in [-0.2, -0.15) is 17.2 Å². The second kappa shape index (κ2) is 12.4. The van der Waals surface area contributed by atoms with Crippen LogP contribution < -0.4 is 4.74 Å². The Balaban J connectivity index is 0.00000357. The van der Waals surface area contributed by atoms with Gasteiger partial charge >= 0.3 is 21.1 Å². The van der Waals surface area contributed by atoms with E-state index in [1.165, 1.54) is 6.08 Å². The summed E-state index contributed by atoms with van der Waals surface area (Å²) in [4.78, 5) is 4.65. The molecule has 0 bridgehead atoms. The summed E-state index contributed by atoms with van der Waals surface area (Å²) in [5, 5.41) is 6.91. The molecule has 6 aromatic rings. The van der Waals surface area contributed by atoms with Crippen molar-refractivity contribution in [1.29, 1.82) is 0 Å². The number of fused-ring (bicyclic) bond motifs is 3. The Morgan fingerprint density at radius 3 is 2.53 bits per heavy atom. The quantitative estimate of drug-likeness (QED) is 0.158. The molecular formula is C37H32F2N4OPt. The minimum atomic E-state index is -1.29. The Bertz CT molecular complexity index is 2060. The predicted molar refractivity (Wildman–Crippen MR) is 170 cm³/mol. The molecular weight excluding hydrogens is 750 g/mol. The Kier molecular flexibility index (Phi) is 8.49. The third-order valence-corrected chi connectivity index (χ3v) is 8.33. The zero-order valence-corrected chi connectivity index (χ0v) is 27.7. The molecule has 3 heterocycles. The van der Waals surface area contributed by atoms with Gasteiger partial charge in [-0.1, -0.05) is 43.6 Å². The van der Waals surface area contributed by atoms with E-state index in [0.717, 1.165) is 38.9 Å². The second-order valence-electron chi connectivity index (χ2n) is 11.7. The van der Waals surface area contributed by atoms with Gasteiger partial charge in [-0.15, -0.1) is 35.7 Å². The van der Waals surface area contributed by atoms with Gasteiger partial charge in [0.25, 0.3) is 0 Å². The van der Waals surface area contributed by atoms with E-state index in [2.05, 4.69) is 39.9 Å². The molecule has 1 unspecified atom stereocenters. The van der Waals surface area contributed by atoms with Gasteiger partial charge in [0, 0.05) is 34.5 Å². The minimum Gasteiger partial charge on any atom is -0.509 e. The molecule has 0 radical (unpaired) electrons. The van der Waals surface area contributed by atoms with Gasteiger partial charge < -0.3 is 9.30 Å². The Morgan fingerprint density at radius 2 is 1.76 bits per heavy atom. The van der Waals surface area contributed by atoms with Crippen LogP contribution in [0.3, 0.4) is 0 Å². The van der Waals surface area contributed by atoms with E-state index in [1.807, 2.05) is 82.4 Å². The van der Waals surface area contributed by atoms with Gasteiger partial charge in [0.2, 0.25) is 0 Å². The standard InChI is InChI=1S/C37H32F2N4O.Pt/c1-22(2)37-35(36-30(38)12-8-13-31(36)39)24(4)41-43(37)25-9-7-10-26(20-25)44-27-15-16-29-28-11-5-6-14-32(28)42(33(29)21-27)34-19-23(3)17-18-40-34;/h5-7,9-12,14-19,22,31,36H,8,13H2,1-4H3;/q-2;+2/t31-,36?;/m0./s1. The molecule has 1 aliphatic carbocycles. The monoisotopic (exact) mass is 781 g/mol. The molecule has 5 nitrogen and oxygen atoms in total. The third-order valence-electron chi connectivity index (χ3n) is 8.33. The fourth-order valence-electron chi connectivity index (χ4n) is 6.40. The van der Waals surface area contributed by atoms with E-state index in [-0.39, 0.29) is 27.0 Å². The Hall–Kier alpha value is -4.09. The summed E-state index contributed by atoms with van der Waals surface area (Å²) in [6.45, 7) is 7.90. The Morgan fingerprint density at radius 1 is 0.956 bits per heavy atom. The average Bonchev–Trinajstić information content (AvgIpc) is 3.52. The van der Waals surface area contributed by atoms with Crippen LogP contribution in [-0.2, 0) is 21.1 Å². The fourth-order valence-corrected chi connectivity index (χ4v) is 6.40. The number of ether oxygens (including phenoxy) is 1. The number of rotatable bonds is 6. The first-order chi connectivity index (χ1) is 21.3. The Labute approximate surface area is 275 Å². The number of aryl methyl sites for hydroxylation is 2. The molecule has 0 amide bonds. The first-order valence-corrected chi connectivity index (χ1v) is 15.0. The van der Waals surface area contributed by atoms with Crippen LogP contribution in [0.2, 0.25) is 0 Å². The fraction of sp³-hybridized carbons (Fsp3) is 0.243. The molecule has 7 rings (SSSR count). The summed E-state index contributed by atoms with van der Waals surface area (Å²) in [6.07, 6.45) is 2.74. The molecule has 1 aliphatic rings. The van der Waals surface area contributed by atoms with E-state index in [1.54, 1.807) is 4.68 Å². The topological polar surface area (TPSA) is 44.9 Å². The predicted octanol–water partition coefficient (Wildman–Crippen LogP) is 9.56. The SMILES string of the molecule is Cc1ccnc(-n2c3[c-]c(Oc4[c-]c(-n5nc(C)c(C6C(F)=CCC[C@@H]6F)c5C(C)C)ccc4)ccc3c3ccccc32)c1.[Pt+2]. The third kappa shape index (κ3) is 5.52. The average molecular weight is 782 g/mol. The van der Waals surface area contributed by atoms with Crippen LogP contribution in [0.5, 0.6) is 11.5 Å². The number of hydrogen-bond donors (Lipinski definition) is 0. The molecule has 0 fully saturated rings. The molecule has 3 aromatic heterocycles. The van der Waals surface area contributed by atoms with Crippen molar-refractivity contribution in [1.82, 2.24) is 19.3 Å². The molecule has 8 heteroatoms. The smallest absolute Gasteiger partial charge is 0.509 e. The molecule has 230 valence electrons. The number of benzene rings is 3. The molecule has 3 aromatic carbocycles. The van der Waals surface area contributed by atoms with Crippen molar-refractivity contribution >= 4 is 21.8 Å². The van der Waals surface area contributed by atoms with Crippen molar-refractivity contribution in [3.8, 4) is 23.0 Å². The largest absolute Gasteiger partial charge is 2.00 e. The van der Waals surface area contributed by atoms with Crippen LogP contribution in [0.1, 0.15) is 61.0 Å². The van der Waals surface area contributed by atoms with Crippen molar-refractivity contribution in [3.63, 3.8) is 0 Å². The summed E-state index contributed by atoms with van der Waals surface area (Å²) in [7, 11) is 0. The van der Waals surface area contributed by atoms with Crippen LogP contribution in [0.25, 0.3) is 33.3 Å². The number of nitrogens with zero attached hydrogens (tertiary/aromatic N) is 4. The molecule has 0 N–H and O–H groups in total. The van der Waals surface area contributed by atoms with E-state index in [4.69, 9.17) is 9.84 Å². The van der Waals surface area contributed by atoms with Crippen molar-refractivity contribution < 1.29 is 34.6 Å². The molecule has 0 saturated carbocycles. The van der Waals surface area contributed by atoms with Gasteiger partial charge in [0.15, 0.2) is 0 Å². The zero-order chi connectivity index (χ0) is 30.5. The number of hydrogen-bond acceptors (Lipinski definition) is 3. The van der Waals surface area contributed by atoms with Gasteiger partial charge in [0.1, 0.15) is 17.8 Å². The van der Waals surface area contributed by atoms with Gasteiger partial charge in [-0.25, -0.2) is 13.8 Å². The van der Waals surface area contributed by atoms with Crippen LogP contribution in [0.15, 0.2) is 84.8 Å². The molecule has 2 atom stereocenters. The maximum absolute atomic E-state index is 15.1. The second-order valence-corrected chi connectivity index (χ2v) is 11.7. The van der Waals surface area contributed by atoms with Crippen molar-refractivity contribution in [2.45, 2.75) is 58.5 Å². The van der Waals surface area contributed by atoms with E-state index in [9.17, 15) is 0 Å². The maximum atomic E-state index is 15.1. The maximum Gasteiger partial charge on any atom is 2.00 e. The van der Waals surface area contributed by atoms with Gasteiger partial charge in [-0.3, -0.25) is 4.68 Å². The molecule has 45 heavy (non-hydrogen) atoms. The first-order valence-electron chi connectivity index (χ1n) is 15.0. The number of allylic oxidation sites excluding steroid dienone is 2.